The lowest BCUT2D eigenvalue weighted by Crippen LogP contribution is -2.15. The highest BCUT2D eigenvalue weighted by Crippen LogP contribution is 2.21. The van der Waals surface area contributed by atoms with Crippen LogP contribution >= 0.6 is 11.6 Å². The number of nitriles is 1. The van der Waals surface area contributed by atoms with Gasteiger partial charge in [0.2, 0.25) is 0 Å². The standard InChI is InChI=1S/C18H16ClN3O2/c1-11-3-4-14(8-16(11)19)21-10-13(9-20)18(24)22-17-6-5-15(23)7-12(17)2/h3-8,10,21,23H,1-2H3,(H,22,24)/b13-10-. The van der Waals surface area contributed by atoms with Crippen molar-refractivity contribution in [2.45, 2.75) is 13.8 Å². The van der Waals surface area contributed by atoms with E-state index in [2.05, 4.69) is 10.6 Å². The number of carbonyl (C=O) groups is 1. The molecule has 0 aliphatic rings. The maximum atomic E-state index is 12.2. The summed E-state index contributed by atoms with van der Waals surface area (Å²) in [7, 11) is 0. The average molecular weight is 342 g/mol. The van der Waals surface area contributed by atoms with E-state index < -0.39 is 5.91 Å². The van der Waals surface area contributed by atoms with Crippen LogP contribution < -0.4 is 10.6 Å². The summed E-state index contributed by atoms with van der Waals surface area (Å²) in [5.74, 6) is -0.434. The molecular weight excluding hydrogens is 326 g/mol. The minimum absolute atomic E-state index is 0.0841. The van der Waals surface area contributed by atoms with Crippen molar-refractivity contribution in [1.29, 1.82) is 5.26 Å². The van der Waals surface area contributed by atoms with Crippen LogP contribution in [0.3, 0.4) is 0 Å². The summed E-state index contributed by atoms with van der Waals surface area (Å²) in [6, 6.07) is 11.8. The van der Waals surface area contributed by atoms with Crippen LogP contribution in [-0.4, -0.2) is 11.0 Å². The second kappa shape index (κ2) is 7.53. The number of halogens is 1. The Bertz CT molecular complexity index is 854. The molecule has 1 amide bonds. The van der Waals surface area contributed by atoms with Gasteiger partial charge in [-0.2, -0.15) is 5.26 Å². The summed E-state index contributed by atoms with van der Waals surface area (Å²) in [6.45, 7) is 3.63. The summed E-state index contributed by atoms with van der Waals surface area (Å²) in [5.41, 5.74) is 2.75. The third-order valence-electron chi connectivity index (χ3n) is 3.38. The highest BCUT2D eigenvalue weighted by atomic mass is 35.5. The van der Waals surface area contributed by atoms with Gasteiger partial charge in [-0.25, -0.2) is 0 Å². The number of phenols is 1. The van der Waals surface area contributed by atoms with Gasteiger partial charge in [0, 0.05) is 22.6 Å². The van der Waals surface area contributed by atoms with Gasteiger partial charge in [0.25, 0.3) is 5.91 Å². The van der Waals surface area contributed by atoms with Crippen LogP contribution in [0, 0.1) is 25.2 Å². The number of anilines is 2. The molecule has 0 bridgehead atoms. The van der Waals surface area contributed by atoms with Gasteiger partial charge in [-0.05, 0) is 55.3 Å². The van der Waals surface area contributed by atoms with E-state index in [9.17, 15) is 15.2 Å². The molecule has 2 aromatic rings. The molecule has 3 N–H and O–H groups in total. The normalized spacial score (nSPS) is 10.8. The smallest absolute Gasteiger partial charge is 0.267 e. The van der Waals surface area contributed by atoms with E-state index in [1.54, 1.807) is 25.1 Å². The van der Waals surface area contributed by atoms with Crippen LogP contribution in [0.1, 0.15) is 11.1 Å². The van der Waals surface area contributed by atoms with Gasteiger partial charge in [0.1, 0.15) is 17.4 Å². The molecule has 0 spiro atoms. The fraction of sp³-hybridized carbons (Fsp3) is 0.111. The number of amides is 1. The number of benzene rings is 2. The molecular formula is C18H16ClN3O2. The first-order valence-corrected chi connectivity index (χ1v) is 7.52. The van der Waals surface area contributed by atoms with E-state index in [-0.39, 0.29) is 11.3 Å². The van der Waals surface area contributed by atoms with E-state index in [0.717, 1.165) is 5.56 Å². The molecule has 0 radical (unpaired) electrons. The zero-order chi connectivity index (χ0) is 17.7. The van der Waals surface area contributed by atoms with Gasteiger partial charge < -0.3 is 15.7 Å². The molecule has 2 aromatic carbocycles. The largest absolute Gasteiger partial charge is 0.508 e. The lowest BCUT2D eigenvalue weighted by molar-refractivity contribution is -0.112. The van der Waals surface area contributed by atoms with E-state index in [4.69, 9.17) is 11.6 Å². The number of phenolic OH excluding ortho intramolecular Hbond substituents is 1. The highest BCUT2D eigenvalue weighted by molar-refractivity contribution is 6.31. The van der Waals surface area contributed by atoms with Crippen molar-refractivity contribution < 1.29 is 9.90 Å². The number of hydrogen-bond acceptors (Lipinski definition) is 4. The Kier molecular flexibility index (Phi) is 5.46. The number of hydrogen-bond donors (Lipinski definition) is 3. The SMILES string of the molecule is Cc1ccc(N/C=C(/C#N)C(=O)Nc2ccc(O)cc2C)cc1Cl. The maximum absolute atomic E-state index is 12.2. The van der Waals surface area contributed by atoms with Crippen LogP contribution in [0.15, 0.2) is 48.2 Å². The van der Waals surface area contributed by atoms with Crippen LogP contribution in [0.5, 0.6) is 5.75 Å². The van der Waals surface area contributed by atoms with E-state index in [0.29, 0.717) is 22.0 Å². The topological polar surface area (TPSA) is 85.2 Å². The van der Waals surface area contributed by atoms with Crippen molar-refractivity contribution in [3.8, 4) is 11.8 Å². The minimum atomic E-state index is -0.544. The quantitative estimate of drug-likeness (QED) is 0.443. The second-order valence-corrected chi connectivity index (χ2v) is 5.64. The summed E-state index contributed by atoms with van der Waals surface area (Å²) < 4.78 is 0. The molecule has 0 aromatic heterocycles. The van der Waals surface area contributed by atoms with Crippen molar-refractivity contribution in [3.63, 3.8) is 0 Å². The summed E-state index contributed by atoms with van der Waals surface area (Å²) in [6.07, 6.45) is 1.33. The third kappa shape index (κ3) is 4.28. The van der Waals surface area contributed by atoms with Gasteiger partial charge in [0.15, 0.2) is 0 Å². The fourth-order valence-electron chi connectivity index (χ4n) is 1.96. The van der Waals surface area contributed by atoms with E-state index in [1.165, 1.54) is 18.3 Å². The monoisotopic (exact) mass is 341 g/mol. The zero-order valence-electron chi connectivity index (χ0n) is 13.2. The van der Waals surface area contributed by atoms with E-state index in [1.807, 2.05) is 19.1 Å². The molecule has 0 aliphatic carbocycles. The van der Waals surface area contributed by atoms with Gasteiger partial charge in [-0.3, -0.25) is 4.79 Å². The lowest BCUT2D eigenvalue weighted by atomic mass is 10.1. The molecule has 0 saturated heterocycles. The maximum Gasteiger partial charge on any atom is 0.267 e. The molecule has 2 rings (SSSR count). The third-order valence-corrected chi connectivity index (χ3v) is 3.79. The van der Waals surface area contributed by atoms with Crippen molar-refractivity contribution in [2.24, 2.45) is 0 Å². The molecule has 0 saturated carbocycles. The Balaban J connectivity index is 2.13. The molecule has 0 unspecified atom stereocenters. The summed E-state index contributed by atoms with van der Waals surface area (Å²) >= 11 is 6.04. The fourth-order valence-corrected chi connectivity index (χ4v) is 2.15. The molecule has 5 nitrogen and oxygen atoms in total. The Morgan fingerprint density at radius 2 is 1.96 bits per heavy atom. The molecule has 0 heterocycles. The number of carbonyl (C=O) groups excluding carboxylic acids is 1. The summed E-state index contributed by atoms with van der Waals surface area (Å²) in [5, 5.41) is 24.7. The Morgan fingerprint density at radius 1 is 1.21 bits per heavy atom. The zero-order valence-corrected chi connectivity index (χ0v) is 14.0. The Morgan fingerprint density at radius 3 is 2.58 bits per heavy atom. The van der Waals surface area contributed by atoms with Crippen molar-refractivity contribution in [2.75, 3.05) is 10.6 Å². The molecule has 24 heavy (non-hydrogen) atoms. The van der Waals surface area contributed by atoms with Gasteiger partial charge in [-0.1, -0.05) is 17.7 Å². The first-order chi connectivity index (χ1) is 11.4. The van der Waals surface area contributed by atoms with Crippen molar-refractivity contribution in [3.05, 3.63) is 64.3 Å². The number of rotatable bonds is 4. The molecule has 122 valence electrons. The lowest BCUT2D eigenvalue weighted by Gasteiger charge is -2.08. The molecule has 0 atom stereocenters. The second-order valence-electron chi connectivity index (χ2n) is 5.23. The Labute approximate surface area is 145 Å². The first kappa shape index (κ1) is 17.4. The van der Waals surface area contributed by atoms with Crippen LogP contribution in [0.4, 0.5) is 11.4 Å². The minimum Gasteiger partial charge on any atom is -0.508 e. The van der Waals surface area contributed by atoms with Crippen molar-refractivity contribution in [1.82, 2.24) is 0 Å². The molecule has 6 heteroatoms. The van der Waals surface area contributed by atoms with Crippen LogP contribution in [-0.2, 0) is 4.79 Å². The van der Waals surface area contributed by atoms with Gasteiger partial charge >= 0.3 is 0 Å². The van der Waals surface area contributed by atoms with Crippen molar-refractivity contribution >= 4 is 28.9 Å². The first-order valence-electron chi connectivity index (χ1n) is 7.14. The number of aryl methyl sites for hydroxylation is 2. The number of aromatic hydroxyl groups is 1. The van der Waals surface area contributed by atoms with Gasteiger partial charge in [-0.15, -0.1) is 0 Å². The van der Waals surface area contributed by atoms with Gasteiger partial charge in [0.05, 0.1) is 0 Å². The van der Waals surface area contributed by atoms with Crippen LogP contribution in [0.25, 0.3) is 0 Å². The highest BCUT2D eigenvalue weighted by Gasteiger charge is 2.11. The van der Waals surface area contributed by atoms with E-state index >= 15 is 0 Å². The predicted molar refractivity (Wildman–Crippen MR) is 95.0 cm³/mol. The number of nitrogens with one attached hydrogen (secondary N) is 2. The predicted octanol–water partition coefficient (Wildman–Crippen LogP) is 4.12. The van der Waals surface area contributed by atoms with Crippen LogP contribution in [0.2, 0.25) is 5.02 Å². The molecule has 0 aliphatic heterocycles. The Hall–Kier alpha value is -2.97. The average Bonchev–Trinajstić information content (AvgIpc) is 2.54. The molecule has 0 fully saturated rings. The summed E-state index contributed by atoms with van der Waals surface area (Å²) in [4.78, 5) is 12.2. The number of nitrogens with zero attached hydrogens (tertiary/aromatic N) is 1.